The molecule has 1 aliphatic rings. The average Bonchev–Trinajstić information content (AvgIpc) is 3.06. The van der Waals surface area contributed by atoms with Gasteiger partial charge < -0.3 is 20.1 Å². The first-order chi connectivity index (χ1) is 16.5. The van der Waals surface area contributed by atoms with Crippen molar-refractivity contribution in [2.75, 3.05) is 31.0 Å². The van der Waals surface area contributed by atoms with E-state index >= 15 is 0 Å². The quantitative estimate of drug-likeness (QED) is 0.507. The maximum Gasteiger partial charge on any atom is 0.298 e. The molecule has 0 fully saturated rings. The summed E-state index contributed by atoms with van der Waals surface area (Å²) in [5.74, 6) is -4.68. The van der Waals surface area contributed by atoms with Gasteiger partial charge in [-0.1, -0.05) is 19.1 Å². The second-order valence-electron chi connectivity index (χ2n) is 8.74. The van der Waals surface area contributed by atoms with Crippen molar-refractivity contribution in [3.8, 4) is 0 Å². The molecule has 1 unspecified atom stereocenters. The van der Waals surface area contributed by atoms with Crippen molar-refractivity contribution in [3.05, 3.63) is 58.5 Å². The minimum absolute atomic E-state index is 0.0102. The van der Waals surface area contributed by atoms with Crippen LogP contribution in [0.1, 0.15) is 48.7 Å². The Morgan fingerprint density at radius 1 is 1.26 bits per heavy atom. The Kier molecular flexibility index (Phi) is 6.23. The molecule has 4 rings (SSSR count). The highest BCUT2D eigenvalue weighted by molar-refractivity contribution is 6.10. The molecular weight excluding hydrogens is 461 g/mol. The number of hydrogen-bond acceptors (Lipinski definition) is 6. The number of ether oxygens (including phenoxy) is 1. The number of anilines is 2. The van der Waals surface area contributed by atoms with Gasteiger partial charge in [0.2, 0.25) is 0 Å². The largest absolute Gasteiger partial charge is 0.390 e. The highest BCUT2D eigenvalue weighted by Crippen LogP contribution is 2.46. The lowest BCUT2D eigenvalue weighted by Gasteiger charge is -2.25. The molecule has 3 aromatic rings. The van der Waals surface area contributed by atoms with Crippen LogP contribution in [-0.2, 0) is 21.1 Å². The van der Waals surface area contributed by atoms with Crippen LogP contribution < -0.4 is 10.2 Å². The van der Waals surface area contributed by atoms with Crippen molar-refractivity contribution in [2.45, 2.75) is 44.8 Å². The standard InChI is InChI=1S/C25H27F3N4O3/c1-6-24(35-5)19-10-16-14(3)30-31-22(17(16)11-20(19)32(4)23(24)34)29-13(2)15-8-7-9-18(21(15)26)25(27,28)12-33/h7-11,13,33H,6,12H2,1-5H3,(H,29,31)/t13-,24?/m1/s1. The van der Waals surface area contributed by atoms with Gasteiger partial charge in [0.25, 0.3) is 11.8 Å². The molecule has 0 bridgehead atoms. The number of hydrogen-bond donors (Lipinski definition) is 2. The maximum atomic E-state index is 15.0. The minimum atomic E-state index is -3.71. The number of nitrogens with zero attached hydrogens (tertiary/aromatic N) is 3. The van der Waals surface area contributed by atoms with Gasteiger partial charge in [0, 0.05) is 36.1 Å². The predicted molar refractivity (Wildman–Crippen MR) is 126 cm³/mol. The predicted octanol–water partition coefficient (Wildman–Crippen LogP) is 4.56. The molecule has 0 spiro atoms. The van der Waals surface area contributed by atoms with Gasteiger partial charge in [0.05, 0.1) is 23.0 Å². The molecule has 1 amide bonds. The van der Waals surface area contributed by atoms with E-state index in [0.29, 0.717) is 29.0 Å². The van der Waals surface area contributed by atoms with E-state index in [-0.39, 0.29) is 11.5 Å². The number of nitrogens with one attached hydrogen (secondary N) is 1. The van der Waals surface area contributed by atoms with Gasteiger partial charge >= 0.3 is 0 Å². The third-order valence-electron chi connectivity index (χ3n) is 6.81. The molecule has 0 saturated carbocycles. The van der Waals surface area contributed by atoms with Gasteiger partial charge in [-0.05, 0) is 38.5 Å². The second-order valence-corrected chi connectivity index (χ2v) is 8.74. The van der Waals surface area contributed by atoms with Gasteiger partial charge in [0.15, 0.2) is 11.4 Å². The highest BCUT2D eigenvalue weighted by Gasteiger charge is 2.49. The Bertz CT molecular complexity index is 1310. The number of aliphatic hydroxyl groups is 1. The van der Waals surface area contributed by atoms with Gasteiger partial charge in [0.1, 0.15) is 12.4 Å². The Labute approximate surface area is 200 Å². The Balaban J connectivity index is 1.81. The van der Waals surface area contributed by atoms with E-state index in [9.17, 15) is 18.0 Å². The normalized spacial score (nSPS) is 18.8. The van der Waals surface area contributed by atoms with Crippen molar-refractivity contribution in [2.24, 2.45) is 0 Å². The van der Waals surface area contributed by atoms with Crippen LogP contribution in [0.3, 0.4) is 0 Å². The van der Waals surface area contributed by atoms with E-state index in [0.717, 1.165) is 17.0 Å². The molecular formula is C25H27F3N4O3. The summed E-state index contributed by atoms with van der Waals surface area (Å²) in [5, 5.41) is 21.9. The fourth-order valence-electron chi connectivity index (χ4n) is 4.74. The molecule has 0 saturated heterocycles. The lowest BCUT2D eigenvalue weighted by atomic mass is 9.90. The van der Waals surface area contributed by atoms with Gasteiger partial charge in [-0.3, -0.25) is 4.79 Å². The Morgan fingerprint density at radius 2 is 1.97 bits per heavy atom. The summed E-state index contributed by atoms with van der Waals surface area (Å²) in [7, 11) is 3.17. The number of aryl methyl sites for hydroxylation is 1. The second kappa shape index (κ2) is 8.76. The van der Waals surface area contributed by atoms with Gasteiger partial charge in [-0.2, -0.15) is 13.9 Å². The van der Waals surface area contributed by atoms with Gasteiger partial charge in [-0.25, -0.2) is 4.39 Å². The topological polar surface area (TPSA) is 87.6 Å². The van der Waals surface area contributed by atoms with Crippen molar-refractivity contribution < 1.29 is 27.8 Å². The third-order valence-corrected chi connectivity index (χ3v) is 6.81. The number of methoxy groups -OCH3 is 1. The number of aromatic nitrogens is 2. The molecule has 2 aromatic carbocycles. The highest BCUT2D eigenvalue weighted by atomic mass is 19.3. The van der Waals surface area contributed by atoms with E-state index < -0.39 is 35.6 Å². The molecule has 186 valence electrons. The first-order valence-corrected chi connectivity index (χ1v) is 11.2. The summed E-state index contributed by atoms with van der Waals surface area (Å²) in [5.41, 5.74) is 0.0204. The lowest BCUT2D eigenvalue weighted by Crippen LogP contribution is -2.39. The van der Waals surface area contributed by atoms with E-state index in [4.69, 9.17) is 9.84 Å². The number of halogens is 3. The molecule has 0 radical (unpaired) electrons. The summed E-state index contributed by atoms with van der Waals surface area (Å²) < 4.78 is 48.7. The summed E-state index contributed by atoms with van der Waals surface area (Å²) in [6, 6.07) is 6.58. The van der Waals surface area contributed by atoms with E-state index in [1.807, 2.05) is 19.1 Å². The fourth-order valence-corrected chi connectivity index (χ4v) is 4.74. The van der Waals surface area contributed by atoms with Crippen LogP contribution >= 0.6 is 0 Å². The van der Waals surface area contributed by atoms with Crippen LogP contribution in [0, 0.1) is 12.7 Å². The number of fused-ring (bicyclic) bond motifs is 2. The number of benzene rings is 2. The van der Waals surface area contributed by atoms with E-state index in [2.05, 4.69) is 15.5 Å². The number of carbonyl (C=O) groups is 1. The first-order valence-electron chi connectivity index (χ1n) is 11.2. The van der Waals surface area contributed by atoms with Crippen LogP contribution in [0.5, 0.6) is 0 Å². The van der Waals surface area contributed by atoms with Gasteiger partial charge in [-0.15, -0.1) is 5.10 Å². The van der Waals surface area contributed by atoms with Crippen LogP contribution in [0.25, 0.3) is 10.8 Å². The SMILES string of the molecule is CCC1(OC)C(=O)N(C)c2cc3c(N[C@H](C)c4cccc(C(F)(F)CO)c4F)nnc(C)c3cc21. The zero-order valence-electron chi connectivity index (χ0n) is 20.1. The van der Waals surface area contributed by atoms with Crippen LogP contribution in [0.4, 0.5) is 24.7 Å². The van der Waals surface area contributed by atoms with Crippen molar-refractivity contribution in [1.82, 2.24) is 10.2 Å². The molecule has 0 aliphatic carbocycles. The molecule has 35 heavy (non-hydrogen) atoms. The minimum Gasteiger partial charge on any atom is -0.390 e. The smallest absolute Gasteiger partial charge is 0.298 e. The summed E-state index contributed by atoms with van der Waals surface area (Å²) in [6.07, 6.45) is 0.443. The number of alkyl halides is 2. The maximum absolute atomic E-state index is 15.0. The Hall–Kier alpha value is -3.24. The molecule has 1 aromatic heterocycles. The zero-order chi connectivity index (χ0) is 25.7. The lowest BCUT2D eigenvalue weighted by molar-refractivity contribution is -0.140. The summed E-state index contributed by atoms with van der Waals surface area (Å²) in [4.78, 5) is 14.6. The fraction of sp³-hybridized carbons (Fsp3) is 0.400. The number of likely N-dealkylation sites (N-methyl/N-ethyl adjacent to an activating group) is 1. The number of rotatable bonds is 7. The van der Waals surface area contributed by atoms with Crippen molar-refractivity contribution in [3.63, 3.8) is 0 Å². The summed E-state index contributed by atoms with van der Waals surface area (Å²) in [6.45, 7) is 3.78. The average molecular weight is 489 g/mol. The van der Waals surface area contributed by atoms with Crippen LogP contribution in [0.15, 0.2) is 30.3 Å². The molecule has 7 nitrogen and oxygen atoms in total. The molecule has 2 atom stereocenters. The number of aliphatic hydroxyl groups excluding tert-OH is 1. The van der Waals surface area contributed by atoms with Crippen molar-refractivity contribution >= 4 is 28.2 Å². The zero-order valence-corrected chi connectivity index (χ0v) is 20.1. The molecule has 2 N–H and O–H groups in total. The monoisotopic (exact) mass is 488 g/mol. The molecule has 10 heteroatoms. The van der Waals surface area contributed by atoms with Crippen LogP contribution in [0.2, 0.25) is 0 Å². The number of carbonyl (C=O) groups excluding carboxylic acids is 1. The summed E-state index contributed by atoms with van der Waals surface area (Å²) >= 11 is 0. The first kappa shape index (κ1) is 24.9. The van der Waals surface area contributed by atoms with Crippen molar-refractivity contribution in [1.29, 1.82) is 0 Å². The third kappa shape index (κ3) is 3.71. The Morgan fingerprint density at radius 3 is 2.60 bits per heavy atom. The van der Waals surface area contributed by atoms with E-state index in [1.54, 1.807) is 20.9 Å². The molecule has 1 aliphatic heterocycles. The molecule has 2 heterocycles. The number of amides is 1. The van der Waals surface area contributed by atoms with Crippen LogP contribution in [-0.4, -0.2) is 42.0 Å². The van der Waals surface area contributed by atoms with E-state index in [1.165, 1.54) is 24.1 Å².